The highest BCUT2D eigenvalue weighted by Gasteiger charge is 2.24. The summed E-state index contributed by atoms with van der Waals surface area (Å²) in [6, 6.07) is 3.99. The van der Waals surface area contributed by atoms with Crippen LogP contribution < -0.4 is 26.0 Å². The minimum absolute atomic E-state index is 0.191. The van der Waals surface area contributed by atoms with Gasteiger partial charge in [-0.1, -0.05) is 32.3 Å². The van der Waals surface area contributed by atoms with Crippen LogP contribution >= 0.6 is 0 Å². The lowest BCUT2D eigenvalue weighted by Crippen LogP contribution is -2.42. The van der Waals surface area contributed by atoms with E-state index in [-0.39, 0.29) is 12.0 Å². The van der Waals surface area contributed by atoms with Crippen LogP contribution in [0.15, 0.2) is 21.9 Å². The Bertz CT molecular complexity index is 1180. The molecular formula is C25H32N4O4. The van der Waals surface area contributed by atoms with Crippen molar-refractivity contribution in [1.82, 2.24) is 9.97 Å². The van der Waals surface area contributed by atoms with Crippen molar-refractivity contribution in [3.8, 4) is 5.75 Å². The molecule has 1 aromatic carbocycles. The van der Waals surface area contributed by atoms with Crippen LogP contribution in [0.1, 0.15) is 63.4 Å². The maximum Gasteiger partial charge on any atom is 0.303 e. The summed E-state index contributed by atoms with van der Waals surface area (Å²) in [7, 11) is 0. The number of hydrogen-bond donors (Lipinski definition) is 2. The average Bonchev–Trinajstić information content (AvgIpc) is 3.28. The molecule has 0 saturated heterocycles. The van der Waals surface area contributed by atoms with Crippen molar-refractivity contribution in [3.05, 3.63) is 38.9 Å². The summed E-state index contributed by atoms with van der Waals surface area (Å²) >= 11 is 0. The molecule has 0 spiro atoms. The highest BCUT2D eigenvalue weighted by Crippen LogP contribution is 2.40. The predicted molar refractivity (Wildman–Crippen MR) is 127 cm³/mol. The Morgan fingerprint density at radius 3 is 2.76 bits per heavy atom. The Kier molecular flexibility index (Phi) is 7.11. The monoisotopic (exact) mass is 452 g/mol. The Hall–Kier alpha value is -3.16. The zero-order valence-corrected chi connectivity index (χ0v) is 19.2. The van der Waals surface area contributed by atoms with Crippen molar-refractivity contribution in [2.75, 3.05) is 18.1 Å². The molecule has 1 fully saturated rings. The number of benzene rings is 1. The number of aryl methyl sites for hydroxylation is 1. The molecular weight excluding hydrogens is 420 g/mol. The number of aliphatic carboxylic acids is 1. The minimum atomic E-state index is -0.762. The van der Waals surface area contributed by atoms with Crippen LogP contribution in [0.4, 0.5) is 17.2 Å². The first-order valence-corrected chi connectivity index (χ1v) is 11.9. The molecule has 0 radical (unpaired) electrons. The van der Waals surface area contributed by atoms with Crippen LogP contribution in [0.2, 0.25) is 0 Å². The number of nitrogens with zero attached hydrogens (tertiary/aromatic N) is 3. The van der Waals surface area contributed by atoms with E-state index in [4.69, 9.17) is 9.84 Å². The van der Waals surface area contributed by atoms with E-state index in [1.807, 2.05) is 24.0 Å². The van der Waals surface area contributed by atoms with Crippen molar-refractivity contribution in [3.63, 3.8) is 0 Å². The van der Waals surface area contributed by atoms with Crippen molar-refractivity contribution < 1.29 is 14.6 Å². The first kappa shape index (κ1) is 23.0. The fraction of sp³-hybridized carbons (Fsp3) is 0.520. The zero-order valence-electron chi connectivity index (χ0n) is 19.2. The number of aromatic nitrogens is 2. The molecule has 8 heteroatoms. The number of carboxylic acids is 1. The summed E-state index contributed by atoms with van der Waals surface area (Å²) < 4.78 is 6.23. The molecule has 2 N–H and O–H groups in total. The van der Waals surface area contributed by atoms with Gasteiger partial charge in [-0.3, -0.25) is 9.59 Å². The molecule has 0 atom stereocenters. The molecule has 2 aromatic rings. The van der Waals surface area contributed by atoms with Crippen LogP contribution in [0.5, 0.6) is 5.75 Å². The molecule has 0 unspecified atom stereocenters. The Morgan fingerprint density at radius 2 is 2.00 bits per heavy atom. The second-order valence-electron chi connectivity index (χ2n) is 9.07. The van der Waals surface area contributed by atoms with Crippen molar-refractivity contribution in [1.29, 1.82) is 0 Å². The average molecular weight is 453 g/mol. The van der Waals surface area contributed by atoms with Gasteiger partial charge in [0.2, 0.25) is 0 Å². The summed E-state index contributed by atoms with van der Waals surface area (Å²) in [5.74, 6) is 1.20. The standard InChI is InChI=1S/C25H32N4O4/c1-16-13-19-20(14-21(16)33-15-18-9-6-7-10-18)29(12-8-4-3-5-11-22(30)31)24-23(28-19)25(32)27-17(2)26-24/h13-14,18H,2-12,15H2,1H3,(H,27,32)(H,30,31). The molecule has 1 saturated carbocycles. The van der Waals surface area contributed by atoms with Gasteiger partial charge in [0.05, 0.1) is 18.0 Å². The van der Waals surface area contributed by atoms with E-state index in [2.05, 4.69) is 21.5 Å². The van der Waals surface area contributed by atoms with Gasteiger partial charge in [0, 0.05) is 19.0 Å². The maximum absolute atomic E-state index is 12.6. The van der Waals surface area contributed by atoms with E-state index in [0.29, 0.717) is 35.5 Å². The van der Waals surface area contributed by atoms with Gasteiger partial charge >= 0.3 is 5.97 Å². The van der Waals surface area contributed by atoms with E-state index in [0.717, 1.165) is 48.6 Å². The fourth-order valence-electron chi connectivity index (χ4n) is 4.66. The third-order valence-corrected chi connectivity index (χ3v) is 6.45. The van der Waals surface area contributed by atoms with Crippen LogP contribution in [-0.2, 0) is 4.79 Å². The molecule has 176 valence electrons. The summed E-state index contributed by atoms with van der Waals surface area (Å²) in [6.07, 6.45) is 8.43. The van der Waals surface area contributed by atoms with Crippen LogP contribution in [0.3, 0.4) is 0 Å². The number of H-pyrrole nitrogens is 1. The number of ether oxygens (including phenoxy) is 1. The molecule has 0 bridgehead atoms. The lowest BCUT2D eigenvalue weighted by molar-refractivity contribution is -0.137. The molecule has 1 aliphatic heterocycles. The fourth-order valence-corrected chi connectivity index (χ4v) is 4.66. The van der Waals surface area contributed by atoms with E-state index in [1.165, 1.54) is 25.7 Å². The summed E-state index contributed by atoms with van der Waals surface area (Å²) in [5.41, 5.74) is 2.58. The summed E-state index contributed by atoms with van der Waals surface area (Å²) in [5, 5.41) is 9.12. The first-order valence-electron chi connectivity index (χ1n) is 11.9. The van der Waals surface area contributed by atoms with E-state index >= 15 is 0 Å². The molecule has 8 nitrogen and oxygen atoms in total. The lowest BCUT2D eigenvalue weighted by Gasteiger charge is -2.29. The van der Waals surface area contributed by atoms with Gasteiger partial charge in [-0.2, -0.15) is 0 Å². The smallest absolute Gasteiger partial charge is 0.303 e. The maximum atomic E-state index is 12.6. The van der Waals surface area contributed by atoms with Gasteiger partial charge < -0.3 is 19.7 Å². The Labute approximate surface area is 193 Å². The van der Waals surface area contributed by atoms with E-state index < -0.39 is 5.97 Å². The predicted octanol–water partition coefficient (Wildman–Crippen LogP) is 3.50. The Morgan fingerprint density at radius 1 is 1.24 bits per heavy atom. The van der Waals surface area contributed by atoms with Gasteiger partial charge in [-0.05, 0) is 50.2 Å². The molecule has 4 rings (SSSR count). The minimum Gasteiger partial charge on any atom is -0.493 e. The number of unbranched alkanes of at least 4 members (excludes halogenated alkanes) is 3. The van der Waals surface area contributed by atoms with Gasteiger partial charge in [0.25, 0.3) is 5.56 Å². The number of anilines is 2. The lowest BCUT2D eigenvalue weighted by atomic mass is 10.1. The highest BCUT2D eigenvalue weighted by molar-refractivity contribution is 5.78. The number of rotatable bonds is 10. The molecule has 1 aliphatic carbocycles. The van der Waals surface area contributed by atoms with Crippen molar-refractivity contribution >= 4 is 29.7 Å². The second-order valence-corrected chi connectivity index (χ2v) is 9.07. The first-order chi connectivity index (χ1) is 15.9. The summed E-state index contributed by atoms with van der Waals surface area (Å²) in [4.78, 5) is 37.1. The topological polar surface area (TPSA) is 108 Å². The number of fused-ring (bicyclic) bond motifs is 2. The SMILES string of the molecule is C=c1nc2c(c(=O)[nH]1)=Nc1cc(C)c(OCC3CCCC3)cc1N2CCCCCCC(=O)O. The molecule has 2 heterocycles. The van der Waals surface area contributed by atoms with Crippen molar-refractivity contribution in [2.45, 2.75) is 64.7 Å². The zero-order chi connectivity index (χ0) is 23.4. The van der Waals surface area contributed by atoms with Gasteiger partial charge in [0.1, 0.15) is 11.2 Å². The van der Waals surface area contributed by atoms with Gasteiger partial charge in [-0.25, -0.2) is 9.98 Å². The van der Waals surface area contributed by atoms with E-state index in [9.17, 15) is 9.59 Å². The molecule has 0 amide bonds. The van der Waals surface area contributed by atoms with Crippen LogP contribution in [-0.4, -0.2) is 34.2 Å². The Balaban J connectivity index is 1.60. The number of carboxylic acid groups (broad SMARTS) is 1. The van der Waals surface area contributed by atoms with Gasteiger partial charge in [0.15, 0.2) is 11.2 Å². The number of nitrogens with one attached hydrogen (secondary N) is 1. The summed E-state index contributed by atoms with van der Waals surface area (Å²) in [6.45, 7) is 7.17. The van der Waals surface area contributed by atoms with Gasteiger partial charge in [-0.15, -0.1) is 0 Å². The largest absolute Gasteiger partial charge is 0.493 e. The van der Waals surface area contributed by atoms with Crippen LogP contribution in [0.25, 0.3) is 6.58 Å². The highest BCUT2D eigenvalue weighted by atomic mass is 16.5. The molecule has 2 aliphatic rings. The number of aromatic amines is 1. The number of carbonyl (C=O) groups is 1. The number of hydrogen-bond acceptors (Lipinski definition) is 6. The second kappa shape index (κ2) is 10.2. The molecule has 1 aromatic heterocycles. The normalized spacial score (nSPS) is 15.1. The quantitative estimate of drug-likeness (QED) is 0.534. The van der Waals surface area contributed by atoms with Crippen LogP contribution in [0, 0.1) is 12.8 Å². The third kappa shape index (κ3) is 5.43. The molecule has 33 heavy (non-hydrogen) atoms. The van der Waals surface area contributed by atoms with E-state index in [1.54, 1.807) is 0 Å². The van der Waals surface area contributed by atoms with Crippen molar-refractivity contribution in [2.24, 2.45) is 10.9 Å². The third-order valence-electron chi connectivity index (χ3n) is 6.45.